The number of hydrogen-bond acceptors (Lipinski definition) is 5. The molecule has 1 aliphatic heterocycles. The van der Waals surface area contributed by atoms with Crippen LogP contribution < -0.4 is 14.4 Å². The topological polar surface area (TPSA) is 59.0 Å². The van der Waals surface area contributed by atoms with E-state index in [4.69, 9.17) is 9.47 Å². The number of phenolic OH excluding ortho intramolecular Hbond substituents is 1. The quantitative estimate of drug-likeness (QED) is 0.240. The highest BCUT2D eigenvalue weighted by atomic mass is 32.1. The molecule has 0 unspecified atom stereocenters. The van der Waals surface area contributed by atoms with Crippen LogP contribution in [0.15, 0.2) is 96.4 Å². The molecule has 1 fully saturated rings. The first-order valence-corrected chi connectivity index (χ1v) is 12.2. The summed E-state index contributed by atoms with van der Waals surface area (Å²) < 4.78 is 11.9. The molecule has 0 aliphatic carbocycles. The van der Waals surface area contributed by atoms with Crippen LogP contribution >= 0.6 is 11.3 Å². The van der Waals surface area contributed by atoms with Crippen molar-refractivity contribution in [2.24, 2.45) is 0 Å². The largest absolute Gasteiger partial charge is 0.508 e. The first-order chi connectivity index (χ1) is 16.7. The van der Waals surface area contributed by atoms with Gasteiger partial charge in [-0.1, -0.05) is 36.4 Å². The second-order valence-electron chi connectivity index (χ2n) is 8.13. The zero-order valence-electron chi connectivity index (χ0n) is 18.5. The molecule has 4 aromatic rings. The number of benzene rings is 3. The van der Waals surface area contributed by atoms with Crippen LogP contribution in [0, 0.1) is 0 Å². The molecular formula is C28H25NO4S. The molecule has 0 radical (unpaired) electrons. The smallest absolute Gasteiger partial charge is 0.271 e. The molecule has 1 saturated heterocycles. The zero-order chi connectivity index (χ0) is 23.3. The lowest BCUT2D eigenvalue weighted by Gasteiger charge is -2.46. The number of aryl methyl sites for hydroxylation is 1. The average Bonchev–Trinajstić information content (AvgIpc) is 3.40. The lowest BCUT2D eigenvalue weighted by molar-refractivity contribution is -0.134. The van der Waals surface area contributed by atoms with Crippen LogP contribution in [0.5, 0.6) is 17.2 Å². The summed E-state index contributed by atoms with van der Waals surface area (Å²) in [6, 6.07) is 28.2. The molecule has 0 saturated carbocycles. The second-order valence-corrected chi connectivity index (χ2v) is 9.11. The van der Waals surface area contributed by atoms with Gasteiger partial charge in [-0.2, -0.15) is 0 Å². The van der Waals surface area contributed by atoms with Crippen molar-refractivity contribution in [2.45, 2.75) is 25.0 Å². The van der Waals surface area contributed by atoms with Crippen molar-refractivity contribution in [3.05, 3.63) is 107 Å². The second kappa shape index (κ2) is 10.0. The molecule has 1 N–H and O–H groups in total. The third kappa shape index (κ3) is 4.77. The van der Waals surface area contributed by atoms with Gasteiger partial charge in [-0.05, 0) is 78.4 Å². The van der Waals surface area contributed by atoms with Gasteiger partial charge >= 0.3 is 0 Å². The summed E-state index contributed by atoms with van der Waals surface area (Å²) in [5, 5.41) is 11.4. The number of ether oxygens (including phenoxy) is 2. The SMILES string of the molecule is O=C1[C@@H](Oc2ccccc2)[C@H](c2cccs2)N1c1ccc(OCCCc2ccc(O)cc2)cc1. The minimum atomic E-state index is -0.545. The summed E-state index contributed by atoms with van der Waals surface area (Å²) in [6.07, 6.45) is 1.21. The van der Waals surface area contributed by atoms with E-state index in [0.717, 1.165) is 29.2 Å². The highest BCUT2D eigenvalue weighted by molar-refractivity contribution is 7.10. The zero-order valence-corrected chi connectivity index (χ0v) is 19.4. The number of aromatic hydroxyl groups is 1. The molecule has 0 bridgehead atoms. The summed E-state index contributed by atoms with van der Waals surface area (Å²) in [5.41, 5.74) is 1.99. The van der Waals surface area contributed by atoms with Gasteiger partial charge in [0.25, 0.3) is 5.91 Å². The number of carbonyl (C=O) groups is 1. The van der Waals surface area contributed by atoms with Crippen LogP contribution in [0.3, 0.4) is 0 Å². The first-order valence-electron chi connectivity index (χ1n) is 11.3. The third-order valence-electron chi connectivity index (χ3n) is 5.82. The van der Waals surface area contributed by atoms with Gasteiger partial charge in [0.1, 0.15) is 23.3 Å². The lowest BCUT2D eigenvalue weighted by atomic mass is 9.95. The van der Waals surface area contributed by atoms with Gasteiger partial charge in [0, 0.05) is 10.6 Å². The molecule has 34 heavy (non-hydrogen) atoms. The van der Waals surface area contributed by atoms with Gasteiger partial charge in [-0.15, -0.1) is 11.3 Å². The Hall–Kier alpha value is -3.77. The molecule has 6 heteroatoms. The van der Waals surface area contributed by atoms with Crippen molar-refractivity contribution in [3.63, 3.8) is 0 Å². The van der Waals surface area contributed by atoms with Gasteiger partial charge in [0.15, 0.2) is 0 Å². The maximum Gasteiger partial charge on any atom is 0.271 e. The minimum absolute atomic E-state index is 0.0511. The number of phenols is 1. The Balaban J connectivity index is 1.22. The number of carbonyl (C=O) groups excluding carboxylic acids is 1. The van der Waals surface area contributed by atoms with Crippen LogP contribution in [-0.4, -0.2) is 23.7 Å². The third-order valence-corrected chi connectivity index (χ3v) is 6.76. The van der Waals surface area contributed by atoms with Crippen molar-refractivity contribution >= 4 is 22.9 Å². The summed E-state index contributed by atoms with van der Waals surface area (Å²) >= 11 is 1.62. The van der Waals surface area contributed by atoms with Crippen molar-refractivity contribution in [2.75, 3.05) is 11.5 Å². The van der Waals surface area contributed by atoms with E-state index in [9.17, 15) is 9.90 Å². The van der Waals surface area contributed by atoms with Crippen molar-refractivity contribution in [1.29, 1.82) is 0 Å². The van der Waals surface area contributed by atoms with E-state index in [0.29, 0.717) is 12.4 Å². The maximum absolute atomic E-state index is 13.1. The van der Waals surface area contributed by atoms with E-state index in [2.05, 4.69) is 0 Å². The summed E-state index contributed by atoms with van der Waals surface area (Å²) in [6.45, 7) is 0.591. The molecular weight excluding hydrogens is 446 g/mol. The van der Waals surface area contributed by atoms with Gasteiger partial charge in [-0.3, -0.25) is 9.69 Å². The molecule has 2 heterocycles. The molecule has 1 aromatic heterocycles. The minimum Gasteiger partial charge on any atom is -0.508 e. The predicted molar refractivity (Wildman–Crippen MR) is 134 cm³/mol. The fourth-order valence-corrected chi connectivity index (χ4v) is 4.92. The maximum atomic E-state index is 13.1. The molecule has 3 aromatic carbocycles. The Morgan fingerprint density at radius 1 is 0.853 bits per heavy atom. The Morgan fingerprint density at radius 2 is 1.62 bits per heavy atom. The fourth-order valence-electron chi connectivity index (χ4n) is 4.08. The van der Waals surface area contributed by atoms with Crippen molar-refractivity contribution in [3.8, 4) is 17.2 Å². The number of rotatable bonds is 9. The number of thiophene rings is 1. The number of para-hydroxylation sites is 1. The Kier molecular flexibility index (Phi) is 6.49. The molecule has 2 atom stereocenters. The van der Waals surface area contributed by atoms with Gasteiger partial charge < -0.3 is 14.6 Å². The van der Waals surface area contributed by atoms with Crippen molar-refractivity contribution < 1.29 is 19.4 Å². The fraction of sp³-hybridized carbons (Fsp3) is 0.179. The normalized spacial score (nSPS) is 17.3. The molecule has 0 spiro atoms. The predicted octanol–water partition coefficient (Wildman–Crippen LogP) is 6.00. The summed E-state index contributed by atoms with van der Waals surface area (Å²) in [5.74, 6) is 1.69. The number of β-lactam (4-membered cyclic amide) rings is 1. The Labute approximate surface area is 202 Å². The van der Waals surface area contributed by atoms with Gasteiger partial charge in [0.05, 0.1) is 6.61 Å². The van der Waals surface area contributed by atoms with Crippen LogP contribution in [0.25, 0.3) is 0 Å². The van der Waals surface area contributed by atoms with Crippen LogP contribution in [0.4, 0.5) is 5.69 Å². The van der Waals surface area contributed by atoms with Gasteiger partial charge in [-0.25, -0.2) is 0 Å². The Bertz CT molecular complexity index is 1210. The number of hydrogen-bond donors (Lipinski definition) is 1. The van der Waals surface area contributed by atoms with E-state index in [1.165, 1.54) is 5.56 Å². The van der Waals surface area contributed by atoms with E-state index in [1.54, 1.807) is 28.4 Å². The molecule has 5 nitrogen and oxygen atoms in total. The molecule has 1 aliphatic rings. The molecule has 1 amide bonds. The molecule has 5 rings (SSSR count). The van der Waals surface area contributed by atoms with Crippen LogP contribution in [0.2, 0.25) is 0 Å². The van der Waals surface area contributed by atoms with E-state index in [1.807, 2.05) is 84.2 Å². The number of anilines is 1. The Morgan fingerprint density at radius 3 is 2.32 bits per heavy atom. The highest BCUT2D eigenvalue weighted by Crippen LogP contribution is 2.43. The lowest BCUT2D eigenvalue weighted by Crippen LogP contribution is -2.61. The van der Waals surface area contributed by atoms with E-state index in [-0.39, 0.29) is 17.7 Å². The monoisotopic (exact) mass is 471 g/mol. The summed E-state index contributed by atoms with van der Waals surface area (Å²) in [4.78, 5) is 16.0. The highest BCUT2D eigenvalue weighted by Gasteiger charge is 2.51. The van der Waals surface area contributed by atoms with Gasteiger partial charge in [0.2, 0.25) is 6.10 Å². The van der Waals surface area contributed by atoms with E-state index >= 15 is 0 Å². The van der Waals surface area contributed by atoms with E-state index < -0.39 is 6.10 Å². The summed E-state index contributed by atoms with van der Waals surface area (Å²) in [7, 11) is 0. The van der Waals surface area contributed by atoms with Crippen molar-refractivity contribution in [1.82, 2.24) is 0 Å². The number of amides is 1. The molecule has 172 valence electrons. The number of nitrogens with zero attached hydrogens (tertiary/aromatic N) is 1. The van der Waals surface area contributed by atoms with Crippen LogP contribution in [-0.2, 0) is 11.2 Å². The first kappa shape index (κ1) is 22.0. The standard InChI is InChI=1S/C28H25NO4S/c30-22-14-10-20(11-15-22)6-4-18-32-23-16-12-21(13-17-23)29-26(25-9-5-19-34-25)27(28(29)31)33-24-7-2-1-3-8-24/h1-3,5,7-17,19,26-27,30H,4,6,18H2/t26-,27-/m0/s1. The average molecular weight is 472 g/mol. The van der Waals surface area contributed by atoms with Crippen LogP contribution in [0.1, 0.15) is 22.9 Å².